The van der Waals surface area contributed by atoms with Gasteiger partial charge in [0.1, 0.15) is 6.04 Å². The molecule has 0 aliphatic carbocycles. The van der Waals surface area contributed by atoms with Crippen LogP contribution in [0.15, 0.2) is 24.3 Å². The molecule has 0 radical (unpaired) electrons. The number of fused-ring (bicyclic) bond motifs is 1. The lowest BCUT2D eigenvalue weighted by atomic mass is 10.1. The number of carbonyl (C=O) groups excluding carboxylic acids is 4. The van der Waals surface area contributed by atoms with Gasteiger partial charge in [-0.2, -0.15) is 0 Å². The number of ketones is 1. The van der Waals surface area contributed by atoms with Crippen LogP contribution in [0.3, 0.4) is 0 Å². The van der Waals surface area contributed by atoms with Gasteiger partial charge in [0.15, 0.2) is 0 Å². The second kappa shape index (κ2) is 6.40. The van der Waals surface area contributed by atoms with Crippen molar-refractivity contribution in [2.24, 2.45) is 0 Å². The Labute approximate surface area is 138 Å². The van der Waals surface area contributed by atoms with Crippen LogP contribution in [-0.2, 0) is 19.1 Å². The number of rotatable bonds is 4. The summed E-state index contributed by atoms with van der Waals surface area (Å²) in [7, 11) is 1.26. The Hall–Kier alpha value is -2.74. The summed E-state index contributed by atoms with van der Waals surface area (Å²) in [5.41, 5.74) is 0.878. The predicted octanol–water partition coefficient (Wildman–Crippen LogP) is -0.463. The van der Waals surface area contributed by atoms with Crippen LogP contribution in [-0.4, -0.2) is 61.4 Å². The number of benzene rings is 1. The van der Waals surface area contributed by atoms with Crippen molar-refractivity contribution in [2.45, 2.75) is 12.5 Å². The summed E-state index contributed by atoms with van der Waals surface area (Å²) in [5, 5.41) is 2.70. The number of piperazine rings is 1. The molecule has 1 aromatic carbocycles. The average Bonchev–Trinajstić information content (AvgIpc) is 2.83. The van der Waals surface area contributed by atoms with E-state index in [-0.39, 0.29) is 19.0 Å². The molecule has 8 heteroatoms. The highest BCUT2D eigenvalue weighted by Gasteiger charge is 2.39. The Balaban J connectivity index is 1.83. The zero-order chi connectivity index (χ0) is 17.3. The van der Waals surface area contributed by atoms with Crippen molar-refractivity contribution in [2.75, 3.05) is 31.8 Å². The zero-order valence-corrected chi connectivity index (χ0v) is 13.2. The molecule has 1 atom stereocenters. The van der Waals surface area contributed by atoms with E-state index in [9.17, 15) is 19.2 Å². The Morgan fingerprint density at radius 2 is 2.04 bits per heavy atom. The molecular formula is C16H17N3O5. The lowest BCUT2D eigenvalue weighted by Gasteiger charge is -2.36. The van der Waals surface area contributed by atoms with Crippen LogP contribution >= 0.6 is 0 Å². The van der Waals surface area contributed by atoms with Crippen molar-refractivity contribution >= 4 is 29.3 Å². The number of carbonyl (C=O) groups is 4. The summed E-state index contributed by atoms with van der Waals surface area (Å²) in [6.45, 7) is 0.943. The number of ether oxygens (including phenoxy) is 1. The van der Waals surface area contributed by atoms with Gasteiger partial charge in [0.25, 0.3) is 5.78 Å². The van der Waals surface area contributed by atoms with E-state index in [1.54, 1.807) is 29.2 Å². The van der Waals surface area contributed by atoms with E-state index in [1.165, 1.54) is 12.0 Å². The van der Waals surface area contributed by atoms with Crippen molar-refractivity contribution in [3.05, 3.63) is 29.8 Å². The molecule has 2 heterocycles. The number of amides is 2. The standard InChI is InChI=1S/C16H17N3O5/c1-24-13(20)8-12-15(22)17-6-7-18(12)9-19-11-5-3-2-4-10(11)14(21)16(19)23/h2-5,12H,6-9H2,1H3,(H,17,22)/t12-/m0/s1. The van der Waals surface area contributed by atoms with Crippen molar-refractivity contribution in [1.82, 2.24) is 10.2 Å². The minimum absolute atomic E-state index is 0.0661. The van der Waals surface area contributed by atoms with E-state index < -0.39 is 23.7 Å². The largest absolute Gasteiger partial charge is 0.469 e. The average molecular weight is 331 g/mol. The monoisotopic (exact) mass is 331 g/mol. The fraction of sp³-hybridized carbons (Fsp3) is 0.375. The topological polar surface area (TPSA) is 96.0 Å². The highest BCUT2D eigenvalue weighted by Crippen LogP contribution is 2.29. The molecule has 1 saturated heterocycles. The van der Waals surface area contributed by atoms with Gasteiger partial charge in [0, 0.05) is 13.1 Å². The maximum atomic E-state index is 12.3. The number of para-hydroxylation sites is 1. The van der Waals surface area contributed by atoms with Gasteiger partial charge in [0.2, 0.25) is 5.91 Å². The van der Waals surface area contributed by atoms with Crippen LogP contribution in [0.1, 0.15) is 16.8 Å². The van der Waals surface area contributed by atoms with Crippen molar-refractivity contribution < 1.29 is 23.9 Å². The Bertz CT molecular complexity index is 717. The maximum Gasteiger partial charge on any atom is 0.307 e. The fourth-order valence-electron chi connectivity index (χ4n) is 2.96. The van der Waals surface area contributed by atoms with E-state index in [0.717, 1.165) is 0 Å². The van der Waals surface area contributed by atoms with Crippen LogP contribution in [0.5, 0.6) is 0 Å². The number of Topliss-reactive ketones (excluding diaryl/α,β-unsaturated/α-hetero) is 1. The molecule has 2 aliphatic rings. The number of hydrogen-bond acceptors (Lipinski definition) is 6. The first-order valence-electron chi connectivity index (χ1n) is 7.56. The van der Waals surface area contributed by atoms with Crippen LogP contribution in [0.25, 0.3) is 0 Å². The van der Waals surface area contributed by atoms with Crippen molar-refractivity contribution in [3.8, 4) is 0 Å². The molecule has 24 heavy (non-hydrogen) atoms. The number of anilines is 1. The first-order valence-corrected chi connectivity index (χ1v) is 7.56. The zero-order valence-electron chi connectivity index (χ0n) is 13.2. The molecule has 0 bridgehead atoms. The lowest BCUT2D eigenvalue weighted by molar-refractivity contribution is -0.145. The third-order valence-electron chi connectivity index (χ3n) is 4.23. The number of methoxy groups -OCH3 is 1. The molecule has 0 aromatic heterocycles. The summed E-state index contributed by atoms with van der Waals surface area (Å²) >= 11 is 0. The van der Waals surface area contributed by atoms with E-state index in [2.05, 4.69) is 10.1 Å². The smallest absolute Gasteiger partial charge is 0.307 e. The first-order chi connectivity index (χ1) is 11.5. The summed E-state index contributed by atoms with van der Waals surface area (Å²) in [5.74, 6) is -1.99. The second-order valence-corrected chi connectivity index (χ2v) is 5.62. The Morgan fingerprint density at radius 3 is 2.79 bits per heavy atom. The Kier molecular flexibility index (Phi) is 4.30. The van der Waals surface area contributed by atoms with Gasteiger partial charge in [-0.05, 0) is 12.1 Å². The van der Waals surface area contributed by atoms with E-state index in [0.29, 0.717) is 24.3 Å². The summed E-state index contributed by atoms with van der Waals surface area (Å²) in [6.07, 6.45) is -0.111. The predicted molar refractivity (Wildman–Crippen MR) is 83.3 cm³/mol. The fourth-order valence-corrected chi connectivity index (χ4v) is 2.96. The van der Waals surface area contributed by atoms with E-state index in [1.807, 2.05) is 0 Å². The van der Waals surface area contributed by atoms with Gasteiger partial charge < -0.3 is 10.1 Å². The lowest BCUT2D eigenvalue weighted by Crippen LogP contribution is -2.59. The summed E-state index contributed by atoms with van der Waals surface area (Å²) < 4.78 is 4.63. The van der Waals surface area contributed by atoms with Crippen LogP contribution in [0, 0.1) is 0 Å². The Morgan fingerprint density at radius 1 is 1.29 bits per heavy atom. The molecule has 0 unspecified atom stereocenters. The molecule has 126 valence electrons. The third kappa shape index (κ3) is 2.76. The third-order valence-corrected chi connectivity index (χ3v) is 4.23. The van der Waals surface area contributed by atoms with Crippen LogP contribution in [0.2, 0.25) is 0 Å². The van der Waals surface area contributed by atoms with Gasteiger partial charge >= 0.3 is 11.9 Å². The normalized spacial score (nSPS) is 20.8. The molecule has 3 rings (SSSR count). The van der Waals surface area contributed by atoms with E-state index in [4.69, 9.17) is 0 Å². The number of nitrogens with zero attached hydrogens (tertiary/aromatic N) is 2. The summed E-state index contributed by atoms with van der Waals surface area (Å²) in [6, 6.07) is 6.00. The number of esters is 1. The molecule has 0 saturated carbocycles. The minimum atomic E-state index is -0.734. The minimum Gasteiger partial charge on any atom is -0.469 e. The van der Waals surface area contributed by atoms with Crippen molar-refractivity contribution in [1.29, 1.82) is 0 Å². The highest BCUT2D eigenvalue weighted by atomic mass is 16.5. The molecule has 0 spiro atoms. The maximum absolute atomic E-state index is 12.3. The van der Waals surface area contributed by atoms with E-state index >= 15 is 0 Å². The van der Waals surface area contributed by atoms with Crippen LogP contribution in [0.4, 0.5) is 5.69 Å². The highest BCUT2D eigenvalue weighted by molar-refractivity contribution is 6.52. The van der Waals surface area contributed by atoms with Gasteiger partial charge in [0.05, 0.1) is 31.5 Å². The number of hydrogen-bond donors (Lipinski definition) is 1. The molecule has 2 amide bonds. The first kappa shape index (κ1) is 16.1. The molecule has 1 fully saturated rings. The van der Waals surface area contributed by atoms with Gasteiger partial charge in [-0.25, -0.2) is 0 Å². The SMILES string of the molecule is COC(=O)C[C@H]1C(=O)NCCN1CN1C(=O)C(=O)c2ccccc21. The van der Waals surface area contributed by atoms with Gasteiger partial charge in [-0.15, -0.1) is 0 Å². The molecule has 2 aliphatic heterocycles. The molecule has 1 aromatic rings. The quantitative estimate of drug-likeness (QED) is 0.592. The van der Waals surface area contributed by atoms with Crippen molar-refractivity contribution in [3.63, 3.8) is 0 Å². The van der Waals surface area contributed by atoms with Gasteiger partial charge in [-0.3, -0.25) is 29.0 Å². The number of nitrogens with one attached hydrogen (secondary N) is 1. The van der Waals surface area contributed by atoms with Crippen LogP contribution < -0.4 is 10.2 Å². The summed E-state index contributed by atoms with van der Waals surface area (Å²) in [4.78, 5) is 51.0. The molecular weight excluding hydrogens is 314 g/mol. The molecule has 8 nitrogen and oxygen atoms in total. The molecule has 1 N–H and O–H groups in total. The second-order valence-electron chi connectivity index (χ2n) is 5.62. The van der Waals surface area contributed by atoms with Gasteiger partial charge in [-0.1, -0.05) is 12.1 Å².